The van der Waals surface area contributed by atoms with Crippen LogP contribution in [0.4, 0.5) is 5.69 Å². The minimum atomic E-state index is -0.485. The highest BCUT2D eigenvalue weighted by atomic mass is 35.5. The molecular weight excluding hydrogens is 443 g/mol. The van der Waals surface area contributed by atoms with Crippen molar-refractivity contribution in [3.8, 4) is 17.1 Å². The Morgan fingerprint density at radius 3 is 2.37 bits per heavy atom. The normalized spacial score (nSPS) is 10.8. The van der Waals surface area contributed by atoms with E-state index in [0.29, 0.717) is 26.6 Å². The Labute approximate surface area is 188 Å². The number of aromatic nitrogens is 3. The molecule has 1 heterocycles. The zero-order valence-electron chi connectivity index (χ0n) is 15.7. The maximum atomic E-state index is 12.8. The summed E-state index contributed by atoms with van der Waals surface area (Å²) in [5, 5.41) is 8.59. The molecule has 30 heavy (non-hydrogen) atoms. The smallest absolute Gasteiger partial charge is 0.295 e. The first kappa shape index (κ1) is 20.4. The first-order chi connectivity index (χ1) is 14.4. The third-order valence-corrected chi connectivity index (χ3v) is 5.14. The van der Waals surface area contributed by atoms with Crippen LogP contribution in [0.25, 0.3) is 17.1 Å². The van der Waals surface area contributed by atoms with Gasteiger partial charge in [-0.05, 0) is 67.1 Å². The van der Waals surface area contributed by atoms with Crippen molar-refractivity contribution in [2.24, 2.45) is 0 Å². The first-order valence-electron chi connectivity index (χ1n) is 8.97. The SMILES string of the molecule is Cc1cccc(-n2nc(C(=O)Nc3ccc(Cl)cc3Cl)nc2-c2ccc(Cl)cc2)c1. The molecule has 1 aromatic heterocycles. The molecule has 0 aliphatic carbocycles. The van der Waals surface area contributed by atoms with Crippen LogP contribution in [-0.4, -0.2) is 20.7 Å². The fourth-order valence-corrected chi connectivity index (χ4v) is 3.48. The van der Waals surface area contributed by atoms with E-state index < -0.39 is 5.91 Å². The molecule has 0 fully saturated rings. The zero-order valence-corrected chi connectivity index (χ0v) is 18.0. The molecule has 1 amide bonds. The quantitative estimate of drug-likeness (QED) is 0.383. The summed E-state index contributed by atoms with van der Waals surface area (Å²) < 4.78 is 1.63. The topological polar surface area (TPSA) is 59.8 Å². The molecule has 1 N–H and O–H groups in total. The fraction of sp³-hybridized carbons (Fsp3) is 0.0455. The second kappa shape index (κ2) is 8.48. The third kappa shape index (κ3) is 4.33. The van der Waals surface area contributed by atoms with Crippen LogP contribution in [0.15, 0.2) is 66.7 Å². The van der Waals surface area contributed by atoms with Crippen molar-refractivity contribution in [2.75, 3.05) is 5.32 Å². The summed E-state index contributed by atoms with van der Waals surface area (Å²) in [6, 6.07) is 19.8. The molecule has 0 saturated heterocycles. The molecule has 4 aromatic rings. The van der Waals surface area contributed by atoms with Crippen molar-refractivity contribution >= 4 is 46.4 Å². The molecule has 8 heteroatoms. The van der Waals surface area contributed by atoms with E-state index >= 15 is 0 Å². The lowest BCUT2D eigenvalue weighted by Crippen LogP contribution is -2.14. The van der Waals surface area contributed by atoms with Gasteiger partial charge in [0.05, 0.1) is 16.4 Å². The second-order valence-electron chi connectivity index (χ2n) is 6.60. The maximum absolute atomic E-state index is 12.8. The summed E-state index contributed by atoms with van der Waals surface area (Å²) in [5.74, 6) is 0.0398. The molecule has 0 bridgehead atoms. The number of carbonyl (C=O) groups excluding carboxylic acids is 1. The summed E-state index contributed by atoms with van der Waals surface area (Å²) in [6.07, 6.45) is 0. The Bertz CT molecular complexity index is 1240. The highest BCUT2D eigenvalue weighted by molar-refractivity contribution is 6.36. The molecule has 0 radical (unpaired) electrons. The van der Waals surface area contributed by atoms with Gasteiger partial charge in [0.15, 0.2) is 5.82 Å². The largest absolute Gasteiger partial charge is 0.318 e. The van der Waals surface area contributed by atoms with Gasteiger partial charge in [0.1, 0.15) is 0 Å². The molecule has 0 atom stereocenters. The number of anilines is 1. The summed E-state index contributed by atoms with van der Waals surface area (Å²) in [6.45, 7) is 1.98. The number of halogens is 3. The Hall–Kier alpha value is -2.86. The maximum Gasteiger partial charge on any atom is 0.295 e. The molecule has 4 rings (SSSR count). The van der Waals surface area contributed by atoms with Crippen molar-refractivity contribution in [2.45, 2.75) is 6.92 Å². The minimum Gasteiger partial charge on any atom is -0.318 e. The van der Waals surface area contributed by atoms with Gasteiger partial charge in [-0.15, -0.1) is 5.10 Å². The van der Waals surface area contributed by atoms with E-state index in [0.717, 1.165) is 16.8 Å². The van der Waals surface area contributed by atoms with E-state index in [-0.39, 0.29) is 5.82 Å². The Morgan fingerprint density at radius 1 is 0.933 bits per heavy atom. The second-order valence-corrected chi connectivity index (χ2v) is 7.88. The molecule has 5 nitrogen and oxygen atoms in total. The minimum absolute atomic E-state index is 0.00692. The highest BCUT2D eigenvalue weighted by Crippen LogP contribution is 2.27. The lowest BCUT2D eigenvalue weighted by atomic mass is 10.2. The zero-order chi connectivity index (χ0) is 21.3. The number of rotatable bonds is 4. The van der Waals surface area contributed by atoms with Gasteiger partial charge < -0.3 is 5.32 Å². The first-order valence-corrected chi connectivity index (χ1v) is 10.1. The van der Waals surface area contributed by atoms with Gasteiger partial charge in [0.25, 0.3) is 5.91 Å². The average molecular weight is 458 g/mol. The molecule has 0 aliphatic rings. The standard InChI is InChI=1S/C22H15Cl3N4O/c1-13-3-2-4-17(11-13)29-21(14-5-7-15(23)8-6-14)27-20(28-29)22(30)26-19-10-9-16(24)12-18(19)25/h2-12H,1H3,(H,26,30). The predicted molar refractivity (Wildman–Crippen MR) is 121 cm³/mol. The molecule has 0 spiro atoms. The average Bonchev–Trinajstić information content (AvgIpc) is 3.16. The number of aryl methyl sites for hydroxylation is 1. The van der Waals surface area contributed by atoms with Gasteiger partial charge >= 0.3 is 0 Å². The number of benzene rings is 3. The Kier molecular flexibility index (Phi) is 5.77. The van der Waals surface area contributed by atoms with E-state index in [1.54, 1.807) is 35.0 Å². The molecule has 3 aromatic carbocycles. The van der Waals surface area contributed by atoms with Crippen LogP contribution >= 0.6 is 34.8 Å². The predicted octanol–water partition coefficient (Wildman–Crippen LogP) is 6.46. The number of nitrogens with one attached hydrogen (secondary N) is 1. The van der Waals surface area contributed by atoms with Gasteiger partial charge in [0, 0.05) is 15.6 Å². The van der Waals surface area contributed by atoms with Crippen molar-refractivity contribution in [1.82, 2.24) is 14.8 Å². The van der Waals surface area contributed by atoms with Crippen molar-refractivity contribution in [3.63, 3.8) is 0 Å². The van der Waals surface area contributed by atoms with Crippen LogP contribution in [0.3, 0.4) is 0 Å². The summed E-state index contributed by atoms with van der Waals surface area (Å²) in [4.78, 5) is 17.3. The Balaban J connectivity index is 1.76. The van der Waals surface area contributed by atoms with E-state index in [1.807, 2.05) is 43.3 Å². The van der Waals surface area contributed by atoms with Gasteiger partial charge in [0.2, 0.25) is 5.82 Å². The number of hydrogen-bond acceptors (Lipinski definition) is 3. The van der Waals surface area contributed by atoms with Gasteiger partial charge in [-0.1, -0.05) is 46.9 Å². The molecule has 0 unspecified atom stereocenters. The number of amides is 1. The third-order valence-electron chi connectivity index (χ3n) is 4.34. The Morgan fingerprint density at radius 2 is 1.67 bits per heavy atom. The van der Waals surface area contributed by atoms with Crippen LogP contribution in [0.2, 0.25) is 15.1 Å². The van der Waals surface area contributed by atoms with Crippen LogP contribution in [-0.2, 0) is 0 Å². The van der Waals surface area contributed by atoms with Crippen LogP contribution < -0.4 is 5.32 Å². The van der Waals surface area contributed by atoms with E-state index in [2.05, 4.69) is 15.4 Å². The molecule has 0 aliphatic heterocycles. The summed E-state index contributed by atoms with van der Waals surface area (Å²) in [7, 11) is 0. The van der Waals surface area contributed by atoms with Gasteiger partial charge in [-0.25, -0.2) is 9.67 Å². The van der Waals surface area contributed by atoms with Crippen LogP contribution in [0.5, 0.6) is 0 Å². The van der Waals surface area contributed by atoms with Crippen LogP contribution in [0.1, 0.15) is 16.2 Å². The molecule has 150 valence electrons. The van der Waals surface area contributed by atoms with Gasteiger partial charge in [-0.2, -0.15) is 0 Å². The molecular formula is C22H15Cl3N4O. The van der Waals surface area contributed by atoms with Crippen LogP contribution in [0, 0.1) is 6.92 Å². The molecule has 0 saturated carbocycles. The van der Waals surface area contributed by atoms with E-state index in [4.69, 9.17) is 34.8 Å². The fourth-order valence-electron chi connectivity index (χ4n) is 2.90. The van der Waals surface area contributed by atoms with Crippen molar-refractivity contribution in [3.05, 3.63) is 93.2 Å². The number of hydrogen-bond donors (Lipinski definition) is 1. The number of nitrogens with zero attached hydrogens (tertiary/aromatic N) is 3. The lowest BCUT2D eigenvalue weighted by Gasteiger charge is -2.07. The number of carbonyl (C=O) groups is 1. The summed E-state index contributed by atoms with van der Waals surface area (Å²) >= 11 is 18.1. The van der Waals surface area contributed by atoms with Gasteiger partial charge in [-0.3, -0.25) is 4.79 Å². The highest BCUT2D eigenvalue weighted by Gasteiger charge is 2.20. The van der Waals surface area contributed by atoms with E-state index in [1.165, 1.54) is 0 Å². The van der Waals surface area contributed by atoms with Crippen molar-refractivity contribution in [1.29, 1.82) is 0 Å². The van der Waals surface area contributed by atoms with Crippen molar-refractivity contribution < 1.29 is 4.79 Å². The monoisotopic (exact) mass is 456 g/mol. The van der Waals surface area contributed by atoms with E-state index in [9.17, 15) is 4.79 Å². The summed E-state index contributed by atoms with van der Waals surface area (Å²) in [5.41, 5.74) is 3.04. The lowest BCUT2D eigenvalue weighted by molar-refractivity contribution is 0.101.